The second-order valence-corrected chi connectivity index (χ2v) is 3.88. The number of pyridine rings is 1. The Kier molecular flexibility index (Phi) is 4.55. The zero-order valence-corrected chi connectivity index (χ0v) is 10.2. The van der Waals surface area contributed by atoms with Gasteiger partial charge in [0.2, 0.25) is 11.8 Å². The third-order valence-electron chi connectivity index (χ3n) is 2.82. The number of nitrogens with zero attached hydrogens (tertiary/aromatic N) is 1. The lowest BCUT2D eigenvalue weighted by Crippen LogP contribution is -2.44. The second kappa shape index (κ2) is 5.70. The van der Waals surface area contributed by atoms with Crippen molar-refractivity contribution in [2.24, 2.45) is 5.73 Å². The molecule has 0 aliphatic heterocycles. The molecule has 1 aromatic heterocycles. The molecular weight excluding hydrogens is 204 g/mol. The lowest BCUT2D eigenvalue weighted by Gasteiger charge is -2.26. The topological polar surface area (TPSA) is 57.4 Å². The van der Waals surface area contributed by atoms with Crippen LogP contribution in [0.4, 0.5) is 0 Å². The van der Waals surface area contributed by atoms with E-state index in [1.165, 1.54) is 0 Å². The number of rotatable bonds is 6. The Labute approximate surface area is 96.8 Å². The maximum atomic E-state index is 6.13. The van der Waals surface area contributed by atoms with E-state index >= 15 is 0 Å². The molecule has 0 saturated carbocycles. The van der Waals surface area contributed by atoms with Crippen molar-refractivity contribution in [1.82, 2.24) is 4.98 Å². The van der Waals surface area contributed by atoms with Gasteiger partial charge in [-0.15, -0.1) is 0 Å². The predicted molar refractivity (Wildman–Crippen MR) is 63.8 cm³/mol. The van der Waals surface area contributed by atoms with Crippen LogP contribution >= 0.6 is 0 Å². The molecule has 4 nitrogen and oxygen atoms in total. The molecule has 0 aromatic carbocycles. The molecule has 0 aliphatic carbocycles. The van der Waals surface area contributed by atoms with Crippen molar-refractivity contribution in [3.63, 3.8) is 0 Å². The molecule has 2 N–H and O–H groups in total. The van der Waals surface area contributed by atoms with Crippen LogP contribution in [0.25, 0.3) is 0 Å². The maximum Gasteiger partial charge on any atom is 0.216 e. The normalized spacial score (nSPS) is 11.2. The van der Waals surface area contributed by atoms with E-state index in [9.17, 15) is 0 Å². The Balaban J connectivity index is 2.60. The van der Waals surface area contributed by atoms with Crippen LogP contribution in [0.1, 0.15) is 26.7 Å². The van der Waals surface area contributed by atoms with Gasteiger partial charge in [0.05, 0.1) is 7.11 Å². The molecule has 90 valence electrons. The molecule has 0 atom stereocenters. The fourth-order valence-corrected chi connectivity index (χ4v) is 1.26. The molecule has 1 aromatic rings. The second-order valence-electron chi connectivity index (χ2n) is 3.88. The molecule has 0 fully saturated rings. The number of methoxy groups -OCH3 is 1. The van der Waals surface area contributed by atoms with Crippen molar-refractivity contribution in [1.29, 1.82) is 0 Å². The number of hydrogen-bond acceptors (Lipinski definition) is 4. The standard InChI is InChI=1S/C12H20N2O2/c1-4-12(13,5-2)9-16-11-8-6-7-10(14-11)15-3/h6-8H,4-5,9,13H2,1-3H3. The highest BCUT2D eigenvalue weighted by Gasteiger charge is 2.21. The Hall–Kier alpha value is -1.29. The van der Waals surface area contributed by atoms with E-state index in [0.717, 1.165) is 12.8 Å². The van der Waals surface area contributed by atoms with Gasteiger partial charge in [0.15, 0.2) is 0 Å². The minimum absolute atomic E-state index is 0.273. The average Bonchev–Trinajstić information content (AvgIpc) is 2.36. The monoisotopic (exact) mass is 224 g/mol. The van der Waals surface area contributed by atoms with Gasteiger partial charge in [0.25, 0.3) is 0 Å². The summed E-state index contributed by atoms with van der Waals surface area (Å²) in [6.07, 6.45) is 1.76. The molecule has 0 saturated heterocycles. The van der Waals surface area contributed by atoms with Crippen LogP contribution in [0.2, 0.25) is 0 Å². The summed E-state index contributed by atoms with van der Waals surface area (Å²) in [7, 11) is 1.58. The Morgan fingerprint density at radius 1 is 1.25 bits per heavy atom. The summed E-state index contributed by atoms with van der Waals surface area (Å²) in [6.45, 7) is 4.60. The van der Waals surface area contributed by atoms with Crippen molar-refractivity contribution in [2.45, 2.75) is 32.2 Å². The summed E-state index contributed by atoms with van der Waals surface area (Å²) >= 11 is 0. The molecule has 0 amide bonds. The number of ether oxygens (including phenoxy) is 2. The molecule has 0 unspecified atom stereocenters. The smallest absolute Gasteiger partial charge is 0.216 e. The average molecular weight is 224 g/mol. The first-order valence-corrected chi connectivity index (χ1v) is 5.56. The number of aromatic nitrogens is 1. The fraction of sp³-hybridized carbons (Fsp3) is 0.583. The highest BCUT2D eigenvalue weighted by Crippen LogP contribution is 2.16. The summed E-state index contributed by atoms with van der Waals surface area (Å²) in [5, 5.41) is 0. The SMILES string of the molecule is CCC(N)(CC)COc1cccc(OC)n1. The third-order valence-corrected chi connectivity index (χ3v) is 2.82. The maximum absolute atomic E-state index is 6.13. The molecule has 0 bridgehead atoms. The predicted octanol–water partition coefficient (Wildman–Crippen LogP) is 1.99. The van der Waals surface area contributed by atoms with E-state index in [4.69, 9.17) is 15.2 Å². The van der Waals surface area contributed by atoms with Gasteiger partial charge < -0.3 is 15.2 Å². The number of hydrogen-bond donors (Lipinski definition) is 1. The van der Waals surface area contributed by atoms with Crippen molar-refractivity contribution >= 4 is 0 Å². The molecule has 16 heavy (non-hydrogen) atoms. The lowest BCUT2D eigenvalue weighted by molar-refractivity contribution is 0.199. The van der Waals surface area contributed by atoms with Gasteiger partial charge in [-0.25, -0.2) is 0 Å². The quantitative estimate of drug-likeness (QED) is 0.802. The van der Waals surface area contributed by atoms with E-state index in [-0.39, 0.29) is 5.54 Å². The van der Waals surface area contributed by atoms with Crippen molar-refractivity contribution in [3.05, 3.63) is 18.2 Å². The van der Waals surface area contributed by atoms with Crippen LogP contribution in [0, 0.1) is 0 Å². The summed E-state index contributed by atoms with van der Waals surface area (Å²) < 4.78 is 10.6. The first-order chi connectivity index (χ1) is 7.63. The third kappa shape index (κ3) is 3.38. The van der Waals surface area contributed by atoms with Crippen LogP contribution < -0.4 is 15.2 Å². The first kappa shape index (κ1) is 12.8. The van der Waals surface area contributed by atoms with Gasteiger partial charge in [0.1, 0.15) is 6.61 Å². The first-order valence-electron chi connectivity index (χ1n) is 5.56. The van der Waals surface area contributed by atoms with Gasteiger partial charge >= 0.3 is 0 Å². The number of nitrogens with two attached hydrogens (primary N) is 1. The van der Waals surface area contributed by atoms with E-state index in [0.29, 0.717) is 18.4 Å². The summed E-state index contributed by atoms with van der Waals surface area (Å²) in [4.78, 5) is 4.16. The minimum Gasteiger partial charge on any atom is -0.481 e. The highest BCUT2D eigenvalue weighted by atomic mass is 16.5. The Morgan fingerprint density at radius 3 is 2.44 bits per heavy atom. The van der Waals surface area contributed by atoms with E-state index in [1.54, 1.807) is 19.2 Å². The van der Waals surface area contributed by atoms with Crippen LogP contribution in [-0.4, -0.2) is 24.2 Å². The van der Waals surface area contributed by atoms with Crippen LogP contribution in [0.5, 0.6) is 11.8 Å². The highest BCUT2D eigenvalue weighted by molar-refractivity contribution is 5.19. The molecule has 1 heterocycles. The zero-order valence-electron chi connectivity index (χ0n) is 10.2. The minimum atomic E-state index is -0.273. The van der Waals surface area contributed by atoms with Crippen LogP contribution in [0.15, 0.2) is 18.2 Å². The van der Waals surface area contributed by atoms with Crippen LogP contribution in [0.3, 0.4) is 0 Å². The zero-order chi connectivity index (χ0) is 12.0. The van der Waals surface area contributed by atoms with Gasteiger partial charge in [-0.05, 0) is 12.8 Å². The molecule has 0 spiro atoms. The van der Waals surface area contributed by atoms with E-state index in [1.807, 2.05) is 6.07 Å². The van der Waals surface area contributed by atoms with Crippen molar-refractivity contribution in [2.75, 3.05) is 13.7 Å². The lowest BCUT2D eigenvalue weighted by atomic mass is 9.96. The molecule has 0 radical (unpaired) electrons. The molecular formula is C12H20N2O2. The van der Waals surface area contributed by atoms with Crippen molar-refractivity contribution in [3.8, 4) is 11.8 Å². The van der Waals surface area contributed by atoms with Gasteiger partial charge in [0, 0.05) is 17.7 Å². The summed E-state index contributed by atoms with van der Waals surface area (Å²) in [6, 6.07) is 5.42. The van der Waals surface area contributed by atoms with Crippen molar-refractivity contribution < 1.29 is 9.47 Å². The Morgan fingerprint density at radius 2 is 1.88 bits per heavy atom. The summed E-state index contributed by atoms with van der Waals surface area (Å²) in [5.41, 5.74) is 5.86. The molecule has 4 heteroatoms. The van der Waals surface area contributed by atoms with Gasteiger partial charge in [-0.1, -0.05) is 19.9 Å². The van der Waals surface area contributed by atoms with Gasteiger partial charge in [-0.3, -0.25) is 0 Å². The van der Waals surface area contributed by atoms with Crippen LogP contribution in [-0.2, 0) is 0 Å². The largest absolute Gasteiger partial charge is 0.481 e. The van der Waals surface area contributed by atoms with Gasteiger partial charge in [-0.2, -0.15) is 4.98 Å². The fourth-order valence-electron chi connectivity index (χ4n) is 1.26. The Bertz CT molecular complexity index is 325. The molecule has 1 rings (SSSR count). The summed E-state index contributed by atoms with van der Waals surface area (Å²) in [5.74, 6) is 1.10. The van der Waals surface area contributed by atoms with E-state index in [2.05, 4.69) is 18.8 Å². The van der Waals surface area contributed by atoms with E-state index < -0.39 is 0 Å². The molecule has 0 aliphatic rings.